The third-order valence-electron chi connectivity index (χ3n) is 3.12. The number of methoxy groups -OCH3 is 1. The molecule has 0 saturated carbocycles. The number of carbonyl (C=O) groups is 2. The summed E-state index contributed by atoms with van der Waals surface area (Å²) in [6, 6.07) is 6.21. The highest BCUT2D eigenvalue weighted by Gasteiger charge is 2.18. The second-order valence-corrected chi connectivity index (χ2v) is 6.72. The lowest BCUT2D eigenvalue weighted by molar-refractivity contribution is 0.0605. The summed E-state index contributed by atoms with van der Waals surface area (Å²) >= 11 is 2.23. The van der Waals surface area contributed by atoms with E-state index in [1.54, 1.807) is 19.1 Å². The molecule has 118 valence electrons. The molecule has 23 heavy (non-hydrogen) atoms. The van der Waals surface area contributed by atoms with Crippen molar-refractivity contribution in [1.29, 1.82) is 0 Å². The summed E-state index contributed by atoms with van der Waals surface area (Å²) in [6.45, 7) is 1.66. The standard InChI is InChI=1S/C15H11FN2O3S2/c1-7-12(14(20)21-2)23-15(17-7)18-13(19)11-6-8-9(16)4-3-5-10(8)22-11/h3-6H,1-2H3,(H,17,18,19). The highest BCUT2D eigenvalue weighted by atomic mass is 32.1. The summed E-state index contributed by atoms with van der Waals surface area (Å²) in [5.74, 6) is -1.25. The molecule has 1 amide bonds. The molecule has 1 aromatic carbocycles. The Morgan fingerprint density at radius 1 is 1.30 bits per heavy atom. The van der Waals surface area contributed by atoms with Gasteiger partial charge in [-0.25, -0.2) is 14.2 Å². The smallest absolute Gasteiger partial charge is 0.350 e. The van der Waals surface area contributed by atoms with E-state index in [-0.39, 0.29) is 5.82 Å². The van der Waals surface area contributed by atoms with Crippen LogP contribution in [0, 0.1) is 12.7 Å². The molecular weight excluding hydrogens is 339 g/mol. The van der Waals surface area contributed by atoms with E-state index >= 15 is 0 Å². The quantitative estimate of drug-likeness (QED) is 0.729. The maximum Gasteiger partial charge on any atom is 0.350 e. The summed E-state index contributed by atoms with van der Waals surface area (Å²) in [6.07, 6.45) is 0. The van der Waals surface area contributed by atoms with Crippen LogP contribution in [0.1, 0.15) is 25.0 Å². The number of benzene rings is 1. The van der Waals surface area contributed by atoms with Gasteiger partial charge in [0, 0.05) is 10.1 Å². The van der Waals surface area contributed by atoms with Gasteiger partial charge in [0.05, 0.1) is 17.7 Å². The first-order valence-electron chi connectivity index (χ1n) is 6.54. The minimum atomic E-state index is -0.496. The van der Waals surface area contributed by atoms with Crippen molar-refractivity contribution in [2.24, 2.45) is 0 Å². The van der Waals surface area contributed by atoms with Crippen molar-refractivity contribution in [2.45, 2.75) is 6.92 Å². The number of hydrogen-bond acceptors (Lipinski definition) is 6. The Hall–Kier alpha value is -2.32. The first kappa shape index (κ1) is 15.6. The number of fused-ring (bicyclic) bond motifs is 1. The van der Waals surface area contributed by atoms with Crippen molar-refractivity contribution >= 4 is 49.8 Å². The SMILES string of the molecule is COC(=O)c1sc(NC(=O)c2cc3c(F)cccc3s2)nc1C. The summed E-state index contributed by atoms with van der Waals surface area (Å²) < 4.78 is 19.0. The molecule has 0 spiro atoms. The Morgan fingerprint density at radius 2 is 2.09 bits per heavy atom. The molecule has 0 aliphatic rings. The number of aromatic nitrogens is 1. The number of amides is 1. The Bertz CT molecular complexity index is 917. The van der Waals surface area contributed by atoms with Crippen molar-refractivity contribution in [3.8, 4) is 0 Å². The van der Waals surface area contributed by atoms with Gasteiger partial charge in [0.1, 0.15) is 10.7 Å². The molecule has 0 bridgehead atoms. The Morgan fingerprint density at radius 3 is 2.78 bits per heavy atom. The number of nitrogens with one attached hydrogen (secondary N) is 1. The van der Waals surface area contributed by atoms with E-state index in [0.717, 1.165) is 11.3 Å². The lowest BCUT2D eigenvalue weighted by Gasteiger charge is -1.97. The van der Waals surface area contributed by atoms with Crippen molar-refractivity contribution < 1.29 is 18.7 Å². The minimum absolute atomic E-state index is 0.297. The fourth-order valence-corrected chi connectivity index (χ4v) is 3.88. The normalized spacial score (nSPS) is 10.7. The van der Waals surface area contributed by atoms with Gasteiger partial charge in [-0.05, 0) is 25.1 Å². The number of thiazole rings is 1. The molecule has 3 rings (SSSR count). The molecule has 0 saturated heterocycles. The fourth-order valence-electron chi connectivity index (χ4n) is 2.03. The fraction of sp³-hybridized carbons (Fsp3) is 0.133. The van der Waals surface area contributed by atoms with E-state index in [2.05, 4.69) is 15.0 Å². The molecule has 2 heterocycles. The monoisotopic (exact) mass is 350 g/mol. The van der Waals surface area contributed by atoms with Crippen LogP contribution >= 0.6 is 22.7 Å². The Balaban J connectivity index is 1.86. The number of ether oxygens (including phenoxy) is 1. The van der Waals surface area contributed by atoms with Gasteiger partial charge in [0.2, 0.25) is 0 Å². The molecule has 3 aromatic rings. The lowest BCUT2D eigenvalue weighted by atomic mass is 10.2. The first-order chi connectivity index (χ1) is 11.0. The van der Waals surface area contributed by atoms with Crippen LogP contribution in [0.2, 0.25) is 0 Å². The second-order valence-electron chi connectivity index (χ2n) is 4.64. The number of esters is 1. The summed E-state index contributed by atoms with van der Waals surface area (Å²) in [5, 5.41) is 3.33. The molecule has 1 N–H and O–H groups in total. The topological polar surface area (TPSA) is 68.3 Å². The van der Waals surface area contributed by atoms with E-state index < -0.39 is 11.9 Å². The van der Waals surface area contributed by atoms with Crippen LogP contribution in [0.25, 0.3) is 10.1 Å². The summed E-state index contributed by atoms with van der Waals surface area (Å²) in [7, 11) is 1.28. The van der Waals surface area contributed by atoms with Crippen LogP contribution in [0.3, 0.4) is 0 Å². The zero-order chi connectivity index (χ0) is 16.6. The third kappa shape index (κ3) is 2.95. The van der Waals surface area contributed by atoms with Crippen LogP contribution in [0.15, 0.2) is 24.3 Å². The van der Waals surface area contributed by atoms with Crippen LogP contribution in [-0.4, -0.2) is 24.0 Å². The average Bonchev–Trinajstić information content (AvgIpc) is 3.11. The van der Waals surface area contributed by atoms with Crippen molar-refractivity contribution in [2.75, 3.05) is 12.4 Å². The number of halogens is 1. The number of nitrogens with zero attached hydrogens (tertiary/aromatic N) is 1. The van der Waals surface area contributed by atoms with E-state index in [0.29, 0.717) is 30.7 Å². The maximum absolute atomic E-state index is 13.7. The zero-order valence-electron chi connectivity index (χ0n) is 12.2. The van der Waals surface area contributed by atoms with Crippen LogP contribution in [0.5, 0.6) is 0 Å². The summed E-state index contributed by atoms with van der Waals surface area (Å²) in [5.41, 5.74) is 0.486. The van der Waals surface area contributed by atoms with Crippen LogP contribution < -0.4 is 5.32 Å². The lowest BCUT2D eigenvalue weighted by Crippen LogP contribution is -2.09. The highest BCUT2D eigenvalue weighted by Crippen LogP contribution is 2.29. The largest absolute Gasteiger partial charge is 0.465 e. The number of hydrogen-bond donors (Lipinski definition) is 1. The van der Waals surface area contributed by atoms with Crippen LogP contribution in [-0.2, 0) is 4.74 Å². The highest BCUT2D eigenvalue weighted by molar-refractivity contribution is 7.21. The van der Waals surface area contributed by atoms with E-state index in [4.69, 9.17) is 0 Å². The molecular formula is C15H11FN2O3S2. The van der Waals surface area contributed by atoms with Gasteiger partial charge in [-0.2, -0.15) is 0 Å². The zero-order valence-corrected chi connectivity index (χ0v) is 13.8. The van der Waals surface area contributed by atoms with Gasteiger partial charge >= 0.3 is 5.97 Å². The number of anilines is 1. The molecule has 5 nitrogen and oxygen atoms in total. The van der Waals surface area contributed by atoms with Crippen molar-refractivity contribution in [3.63, 3.8) is 0 Å². The van der Waals surface area contributed by atoms with E-state index in [1.807, 2.05) is 0 Å². The average molecular weight is 350 g/mol. The van der Waals surface area contributed by atoms with Crippen molar-refractivity contribution in [3.05, 3.63) is 45.5 Å². The molecule has 8 heteroatoms. The van der Waals surface area contributed by atoms with Gasteiger partial charge in [0.15, 0.2) is 5.13 Å². The van der Waals surface area contributed by atoms with Crippen LogP contribution in [0.4, 0.5) is 9.52 Å². The minimum Gasteiger partial charge on any atom is -0.465 e. The molecule has 0 fully saturated rings. The Kier molecular flexibility index (Phi) is 4.10. The predicted molar refractivity (Wildman–Crippen MR) is 87.9 cm³/mol. The number of rotatable bonds is 3. The number of thiophene rings is 1. The molecule has 2 aromatic heterocycles. The van der Waals surface area contributed by atoms with Crippen molar-refractivity contribution in [1.82, 2.24) is 4.98 Å². The number of carbonyl (C=O) groups excluding carboxylic acids is 2. The molecule has 0 aliphatic carbocycles. The van der Waals surface area contributed by atoms with E-state index in [9.17, 15) is 14.0 Å². The van der Waals surface area contributed by atoms with Gasteiger partial charge in [-0.3, -0.25) is 10.1 Å². The third-order valence-corrected chi connectivity index (χ3v) is 5.27. The van der Waals surface area contributed by atoms with E-state index in [1.165, 1.54) is 30.6 Å². The predicted octanol–water partition coefficient (Wildman–Crippen LogP) is 3.84. The molecule has 0 aliphatic heterocycles. The molecule has 0 atom stereocenters. The maximum atomic E-state index is 13.7. The van der Waals surface area contributed by atoms with Gasteiger partial charge in [-0.1, -0.05) is 17.4 Å². The Labute approximate surface area is 138 Å². The van der Waals surface area contributed by atoms with Gasteiger partial charge in [-0.15, -0.1) is 11.3 Å². The van der Waals surface area contributed by atoms with Gasteiger partial charge < -0.3 is 4.74 Å². The number of aryl methyl sites for hydroxylation is 1. The van der Waals surface area contributed by atoms with Gasteiger partial charge in [0.25, 0.3) is 5.91 Å². The molecule has 0 unspecified atom stereocenters. The second kappa shape index (κ2) is 6.05. The summed E-state index contributed by atoms with van der Waals surface area (Å²) in [4.78, 5) is 28.7. The first-order valence-corrected chi connectivity index (χ1v) is 8.18. The molecule has 0 radical (unpaired) electrons.